The number of likely N-dealkylation sites (N-methyl/N-ethyl adjacent to an activating group) is 1. The largest absolute Gasteiger partial charge is 0.395 e. The maximum atomic E-state index is 13.0. The molecule has 1 fully saturated rings. The van der Waals surface area contributed by atoms with Gasteiger partial charge in [-0.25, -0.2) is 0 Å². The quantitative estimate of drug-likeness (QED) is 0.862. The SMILES string of the molecule is CN(C(=O)CN(CCO)C1CCCCC1)C1CCCc2ccccc21. The molecule has 1 aromatic carbocycles. The van der Waals surface area contributed by atoms with Crippen molar-refractivity contribution >= 4 is 5.91 Å². The number of hydrogen-bond acceptors (Lipinski definition) is 3. The standard InChI is InChI=1S/C21H32N2O2/c1-22(20-13-7-9-17-8-5-6-12-19(17)20)21(25)16-23(14-15-24)18-10-3-2-4-11-18/h5-6,8,12,18,20,24H,2-4,7,9-11,13-16H2,1H3. The molecule has 0 aromatic heterocycles. The molecular formula is C21H32N2O2. The maximum Gasteiger partial charge on any atom is 0.237 e. The average molecular weight is 344 g/mol. The van der Waals surface area contributed by atoms with E-state index in [9.17, 15) is 9.90 Å². The van der Waals surface area contributed by atoms with E-state index in [2.05, 4.69) is 29.2 Å². The van der Waals surface area contributed by atoms with Crippen molar-refractivity contribution in [3.8, 4) is 0 Å². The minimum atomic E-state index is 0.125. The normalized spacial score (nSPS) is 21.2. The van der Waals surface area contributed by atoms with E-state index in [0.29, 0.717) is 19.1 Å². The highest BCUT2D eigenvalue weighted by atomic mass is 16.3. The van der Waals surface area contributed by atoms with Crippen LogP contribution in [0, 0.1) is 0 Å². The molecule has 2 aliphatic rings. The maximum absolute atomic E-state index is 13.0. The number of aryl methyl sites for hydroxylation is 1. The smallest absolute Gasteiger partial charge is 0.237 e. The van der Waals surface area contributed by atoms with E-state index in [0.717, 1.165) is 32.1 Å². The molecule has 1 amide bonds. The monoisotopic (exact) mass is 344 g/mol. The van der Waals surface area contributed by atoms with Crippen molar-refractivity contribution in [1.29, 1.82) is 0 Å². The van der Waals surface area contributed by atoms with Crippen molar-refractivity contribution in [2.75, 3.05) is 26.7 Å². The van der Waals surface area contributed by atoms with E-state index in [1.165, 1.54) is 30.4 Å². The summed E-state index contributed by atoms with van der Waals surface area (Å²) in [5, 5.41) is 9.43. The number of benzene rings is 1. The van der Waals surface area contributed by atoms with Crippen LogP contribution in [0.1, 0.15) is 62.1 Å². The highest BCUT2D eigenvalue weighted by Crippen LogP contribution is 2.33. The van der Waals surface area contributed by atoms with Gasteiger partial charge in [0.15, 0.2) is 0 Å². The molecule has 1 aromatic rings. The zero-order valence-corrected chi connectivity index (χ0v) is 15.5. The van der Waals surface area contributed by atoms with Gasteiger partial charge in [0.2, 0.25) is 5.91 Å². The third-order valence-corrected chi connectivity index (χ3v) is 6.02. The summed E-state index contributed by atoms with van der Waals surface area (Å²) < 4.78 is 0. The van der Waals surface area contributed by atoms with Gasteiger partial charge < -0.3 is 10.0 Å². The Labute approximate surface area is 151 Å². The van der Waals surface area contributed by atoms with Crippen LogP contribution >= 0.6 is 0 Å². The topological polar surface area (TPSA) is 43.8 Å². The highest BCUT2D eigenvalue weighted by Gasteiger charge is 2.29. The second-order valence-corrected chi connectivity index (χ2v) is 7.60. The Kier molecular flexibility index (Phi) is 6.49. The van der Waals surface area contributed by atoms with E-state index in [1.54, 1.807) is 0 Å². The van der Waals surface area contributed by atoms with Gasteiger partial charge in [-0.05, 0) is 43.2 Å². The Balaban J connectivity index is 1.67. The van der Waals surface area contributed by atoms with Gasteiger partial charge in [-0.2, -0.15) is 0 Å². The first-order valence-electron chi connectivity index (χ1n) is 9.89. The summed E-state index contributed by atoms with van der Waals surface area (Å²) >= 11 is 0. The second-order valence-electron chi connectivity index (χ2n) is 7.60. The molecule has 4 heteroatoms. The van der Waals surface area contributed by atoms with Crippen molar-refractivity contribution in [2.45, 2.75) is 63.5 Å². The van der Waals surface area contributed by atoms with Crippen LogP contribution in [-0.4, -0.2) is 53.6 Å². The van der Waals surface area contributed by atoms with Gasteiger partial charge in [0.1, 0.15) is 0 Å². The molecule has 0 saturated heterocycles. The Morgan fingerprint density at radius 3 is 2.64 bits per heavy atom. The van der Waals surface area contributed by atoms with Crippen molar-refractivity contribution < 1.29 is 9.90 Å². The molecule has 1 unspecified atom stereocenters. The Hall–Kier alpha value is -1.39. The van der Waals surface area contributed by atoms with E-state index < -0.39 is 0 Å². The van der Waals surface area contributed by atoms with E-state index in [1.807, 2.05) is 11.9 Å². The lowest BCUT2D eigenvalue weighted by Gasteiger charge is -2.37. The fraction of sp³-hybridized carbons (Fsp3) is 0.667. The van der Waals surface area contributed by atoms with Gasteiger partial charge >= 0.3 is 0 Å². The Bertz CT molecular complexity index is 569. The number of carbonyl (C=O) groups excluding carboxylic acids is 1. The number of carbonyl (C=O) groups is 1. The van der Waals surface area contributed by atoms with Crippen molar-refractivity contribution in [3.63, 3.8) is 0 Å². The molecule has 1 saturated carbocycles. The zero-order valence-electron chi connectivity index (χ0n) is 15.5. The summed E-state index contributed by atoms with van der Waals surface area (Å²) in [6.45, 7) is 1.16. The van der Waals surface area contributed by atoms with Crippen molar-refractivity contribution in [1.82, 2.24) is 9.80 Å². The molecule has 0 aliphatic heterocycles. The first-order chi connectivity index (χ1) is 12.2. The Morgan fingerprint density at radius 2 is 1.88 bits per heavy atom. The fourth-order valence-corrected chi connectivity index (χ4v) is 4.56. The third kappa shape index (κ3) is 4.42. The van der Waals surface area contributed by atoms with E-state index in [-0.39, 0.29) is 18.6 Å². The average Bonchev–Trinajstić information content (AvgIpc) is 2.67. The van der Waals surface area contributed by atoms with Crippen LogP contribution in [0.25, 0.3) is 0 Å². The zero-order chi connectivity index (χ0) is 17.6. The first kappa shape index (κ1) is 18.4. The molecule has 4 nitrogen and oxygen atoms in total. The number of amides is 1. The predicted octanol–water partition coefficient (Wildman–Crippen LogP) is 3.15. The van der Waals surface area contributed by atoms with Gasteiger partial charge in [-0.1, -0.05) is 43.5 Å². The number of fused-ring (bicyclic) bond motifs is 1. The molecule has 2 aliphatic carbocycles. The lowest BCUT2D eigenvalue weighted by Crippen LogP contribution is -2.46. The molecule has 138 valence electrons. The minimum absolute atomic E-state index is 0.125. The van der Waals surface area contributed by atoms with Gasteiger partial charge in [0.05, 0.1) is 19.2 Å². The van der Waals surface area contributed by atoms with Crippen LogP contribution in [0.4, 0.5) is 0 Å². The molecular weight excluding hydrogens is 312 g/mol. The summed E-state index contributed by atoms with van der Waals surface area (Å²) in [4.78, 5) is 17.1. The number of nitrogens with zero attached hydrogens (tertiary/aromatic N) is 2. The van der Waals surface area contributed by atoms with Crippen molar-refractivity contribution in [2.24, 2.45) is 0 Å². The van der Waals surface area contributed by atoms with Gasteiger partial charge in [-0.3, -0.25) is 9.69 Å². The lowest BCUT2D eigenvalue weighted by molar-refractivity contribution is -0.134. The molecule has 0 radical (unpaired) electrons. The van der Waals surface area contributed by atoms with E-state index >= 15 is 0 Å². The summed E-state index contributed by atoms with van der Waals surface area (Å²) in [6, 6.07) is 9.19. The van der Waals surface area contributed by atoms with Gasteiger partial charge in [0.25, 0.3) is 0 Å². The molecule has 0 heterocycles. The van der Waals surface area contributed by atoms with Gasteiger partial charge in [-0.15, -0.1) is 0 Å². The molecule has 1 atom stereocenters. The third-order valence-electron chi connectivity index (χ3n) is 6.02. The number of rotatable bonds is 6. The van der Waals surface area contributed by atoms with Crippen LogP contribution < -0.4 is 0 Å². The summed E-state index contributed by atoms with van der Waals surface area (Å²) in [7, 11) is 1.95. The predicted molar refractivity (Wildman–Crippen MR) is 100 cm³/mol. The highest BCUT2D eigenvalue weighted by molar-refractivity contribution is 5.78. The number of aliphatic hydroxyl groups is 1. The van der Waals surface area contributed by atoms with Crippen LogP contribution in [0.3, 0.4) is 0 Å². The molecule has 0 spiro atoms. The molecule has 3 rings (SSSR count). The lowest BCUT2D eigenvalue weighted by atomic mass is 9.87. The second kappa shape index (κ2) is 8.81. The minimum Gasteiger partial charge on any atom is -0.395 e. The number of aliphatic hydroxyl groups excluding tert-OH is 1. The molecule has 0 bridgehead atoms. The Morgan fingerprint density at radius 1 is 1.12 bits per heavy atom. The van der Waals surface area contributed by atoms with Crippen LogP contribution in [0.15, 0.2) is 24.3 Å². The summed E-state index contributed by atoms with van der Waals surface area (Å²) in [6.07, 6.45) is 9.40. The fourth-order valence-electron chi connectivity index (χ4n) is 4.56. The van der Waals surface area contributed by atoms with Gasteiger partial charge in [0, 0.05) is 19.6 Å². The van der Waals surface area contributed by atoms with E-state index in [4.69, 9.17) is 0 Å². The number of hydrogen-bond donors (Lipinski definition) is 1. The van der Waals surface area contributed by atoms with Crippen LogP contribution in [0.5, 0.6) is 0 Å². The van der Waals surface area contributed by atoms with Crippen molar-refractivity contribution in [3.05, 3.63) is 35.4 Å². The van der Waals surface area contributed by atoms with Crippen LogP contribution in [0.2, 0.25) is 0 Å². The summed E-state index contributed by atoms with van der Waals surface area (Å²) in [5.74, 6) is 0.181. The first-order valence-corrected chi connectivity index (χ1v) is 9.89. The summed E-state index contributed by atoms with van der Waals surface area (Å²) in [5.41, 5.74) is 2.70. The van der Waals surface area contributed by atoms with Crippen LogP contribution in [-0.2, 0) is 11.2 Å². The molecule has 25 heavy (non-hydrogen) atoms. The molecule has 1 N–H and O–H groups in total.